The van der Waals surface area contributed by atoms with E-state index in [0.29, 0.717) is 6.42 Å². The Labute approximate surface area is 161 Å². The van der Waals surface area contributed by atoms with Crippen LogP contribution in [0.4, 0.5) is 5.69 Å². The average molecular weight is 374 g/mol. The first kappa shape index (κ1) is 20.5. The van der Waals surface area contributed by atoms with E-state index in [1.807, 2.05) is 35.6 Å². The zero-order valence-electron chi connectivity index (χ0n) is 15.8. The number of benzene rings is 1. The van der Waals surface area contributed by atoms with Crippen LogP contribution in [0.25, 0.3) is 0 Å². The molecule has 0 saturated heterocycles. The summed E-state index contributed by atoms with van der Waals surface area (Å²) < 4.78 is 0. The largest absolute Gasteiger partial charge is 0.481 e. The van der Waals surface area contributed by atoms with Crippen molar-refractivity contribution in [2.75, 3.05) is 5.32 Å². The number of carboxylic acid groups (broad SMARTS) is 1. The predicted octanol–water partition coefficient (Wildman–Crippen LogP) is 6.28. The van der Waals surface area contributed by atoms with Gasteiger partial charge in [0.25, 0.3) is 0 Å². The van der Waals surface area contributed by atoms with Crippen molar-refractivity contribution in [3.8, 4) is 0 Å². The summed E-state index contributed by atoms with van der Waals surface area (Å²) >= 11 is 1.91. The van der Waals surface area contributed by atoms with Crippen molar-refractivity contribution in [1.29, 1.82) is 0 Å². The average Bonchev–Trinajstić information content (AvgIpc) is 3.10. The van der Waals surface area contributed by atoms with Gasteiger partial charge in [0.1, 0.15) is 0 Å². The molecule has 0 aliphatic heterocycles. The van der Waals surface area contributed by atoms with Crippen LogP contribution >= 0.6 is 11.3 Å². The number of carbonyl (C=O) groups is 1. The van der Waals surface area contributed by atoms with Crippen LogP contribution in [0.5, 0.6) is 0 Å². The number of aliphatic carboxylic acids is 1. The molecule has 4 heteroatoms. The highest BCUT2D eigenvalue weighted by molar-refractivity contribution is 7.12. The molecule has 0 aliphatic carbocycles. The predicted molar refractivity (Wildman–Crippen MR) is 111 cm³/mol. The quantitative estimate of drug-likeness (QED) is 0.406. The zero-order valence-corrected chi connectivity index (χ0v) is 16.6. The maximum absolute atomic E-state index is 10.6. The Balaban J connectivity index is 1.68. The number of nitrogens with one attached hydrogen (secondary N) is 1. The third kappa shape index (κ3) is 8.05. The van der Waals surface area contributed by atoms with E-state index in [-0.39, 0.29) is 6.42 Å². The fourth-order valence-corrected chi connectivity index (χ4v) is 3.96. The first-order chi connectivity index (χ1) is 12.7. The molecule has 0 atom stereocenters. The molecule has 0 spiro atoms. The van der Waals surface area contributed by atoms with Crippen LogP contribution < -0.4 is 5.32 Å². The lowest BCUT2D eigenvalue weighted by Crippen LogP contribution is -1.99. The van der Waals surface area contributed by atoms with Crippen molar-refractivity contribution < 1.29 is 9.90 Å². The number of rotatable bonds is 13. The van der Waals surface area contributed by atoms with Crippen LogP contribution in [-0.2, 0) is 24.2 Å². The monoisotopic (exact) mass is 373 g/mol. The normalized spacial score (nSPS) is 10.8. The van der Waals surface area contributed by atoms with Crippen LogP contribution in [0.3, 0.4) is 0 Å². The summed E-state index contributed by atoms with van der Waals surface area (Å²) in [5.41, 5.74) is 2.14. The Morgan fingerprint density at radius 1 is 0.923 bits per heavy atom. The van der Waals surface area contributed by atoms with Gasteiger partial charge in [0.05, 0.1) is 0 Å². The van der Waals surface area contributed by atoms with Gasteiger partial charge in [-0.25, -0.2) is 0 Å². The van der Waals surface area contributed by atoms with Crippen LogP contribution in [0.2, 0.25) is 0 Å². The van der Waals surface area contributed by atoms with Crippen LogP contribution in [0.15, 0.2) is 36.4 Å². The summed E-state index contributed by atoms with van der Waals surface area (Å²) in [5, 5.41) is 12.2. The molecule has 3 nitrogen and oxygen atoms in total. The van der Waals surface area contributed by atoms with E-state index < -0.39 is 5.97 Å². The molecule has 1 heterocycles. The summed E-state index contributed by atoms with van der Waals surface area (Å²) in [4.78, 5) is 13.5. The number of aryl methyl sites for hydroxylation is 2. The lowest BCUT2D eigenvalue weighted by atomic mass is 10.1. The second-order valence-corrected chi connectivity index (χ2v) is 8.08. The fourth-order valence-electron chi connectivity index (χ4n) is 2.96. The molecular formula is C22H31NO2S. The Hall–Kier alpha value is -1.81. The molecule has 0 saturated carbocycles. The van der Waals surface area contributed by atoms with Crippen LogP contribution in [0.1, 0.15) is 67.2 Å². The minimum Gasteiger partial charge on any atom is -0.481 e. The fraction of sp³-hybridized carbons (Fsp3) is 0.500. The Morgan fingerprint density at radius 3 is 2.35 bits per heavy atom. The maximum Gasteiger partial charge on any atom is 0.303 e. The molecule has 1 aromatic carbocycles. The number of carboxylic acids is 1. The van der Waals surface area contributed by atoms with E-state index in [0.717, 1.165) is 17.8 Å². The van der Waals surface area contributed by atoms with Crippen LogP contribution in [-0.4, -0.2) is 11.1 Å². The Bertz CT molecular complexity index is 648. The summed E-state index contributed by atoms with van der Waals surface area (Å²) in [6.07, 6.45) is 10.1. The third-order valence-electron chi connectivity index (χ3n) is 4.54. The van der Waals surface area contributed by atoms with Gasteiger partial charge in [0, 0.05) is 28.4 Å². The second-order valence-electron chi connectivity index (χ2n) is 6.83. The van der Waals surface area contributed by atoms with Gasteiger partial charge in [-0.1, -0.05) is 51.2 Å². The number of hydrogen-bond donors (Lipinski definition) is 2. The molecular weight excluding hydrogens is 342 g/mol. The highest BCUT2D eigenvalue weighted by Gasteiger charge is 2.02. The topological polar surface area (TPSA) is 49.3 Å². The molecule has 0 bridgehead atoms. The van der Waals surface area contributed by atoms with Crippen molar-refractivity contribution in [2.24, 2.45) is 0 Å². The molecule has 1 aromatic heterocycles. The molecule has 0 unspecified atom stereocenters. The minimum absolute atomic E-state index is 0.184. The summed E-state index contributed by atoms with van der Waals surface area (Å²) in [5.74, 6) is -0.748. The van der Waals surface area contributed by atoms with Gasteiger partial charge < -0.3 is 10.4 Å². The maximum atomic E-state index is 10.6. The highest BCUT2D eigenvalue weighted by Crippen LogP contribution is 2.21. The van der Waals surface area contributed by atoms with Gasteiger partial charge in [0.15, 0.2) is 0 Å². The van der Waals surface area contributed by atoms with E-state index in [1.54, 1.807) is 0 Å². The first-order valence-electron chi connectivity index (χ1n) is 9.79. The van der Waals surface area contributed by atoms with Gasteiger partial charge in [-0.15, -0.1) is 11.3 Å². The molecule has 2 rings (SSSR count). The van der Waals surface area contributed by atoms with Crippen molar-refractivity contribution >= 4 is 23.0 Å². The SMILES string of the molecule is CCCCCCCCc1ccc(CNc2ccc(CCC(=O)O)cc2)s1. The van der Waals surface area contributed by atoms with Gasteiger partial charge in [0.2, 0.25) is 0 Å². The van der Waals surface area contributed by atoms with Crippen molar-refractivity contribution in [2.45, 2.75) is 71.3 Å². The van der Waals surface area contributed by atoms with E-state index >= 15 is 0 Å². The van der Waals surface area contributed by atoms with Crippen molar-refractivity contribution in [3.05, 3.63) is 51.7 Å². The molecule has 2 aromatic rings. The summed E-state index contributed by atoms with van der Waals surface area (Å²) in [6, 6.07) is 12.6. The van der Waals surface area contributed by atoms with E-state index in [9.17, 15) is 4.79 Å². The molecule has 26 heavy (non-hydrogen) atoms. The van der Waals surface area contributed by atoms with Gasteiger partial charge >= 0.3 is 5.97 Å². The van der Waals surface area contributed by atoms with Crippen molar-refractivity contribution in [3.63, 3.8) is 0 Å². The first-order valence-corrected chi connectivity index (χ1v) is 10.6. The highest BCUT2D eigenvalue weighted by atomic mass is 32.1. The van der Waals surface area contributed by atoms with E-state index in [2.05, 4.69) is 24.4 Å². The van der Waals surface area contributed by atoms with Gasteiger partial charge in [-0.05, 0) is 49.1 Å². The summed E-state index contributed by atoms with van der Waals surface area (Å²) in [7, 11) is 0. The zero-order chi connectivity index (χ0) is 18.6. The Morgan fingerprint density at radius 2 is 1.62 bits per heavy atom. The molecule has 0 radical (unpaired) electrons. The van der Waals surface area contributed by atoms with Crippen LogP contribution in [0, 0.1) is 0 Å². The minimum atomic E-state index is -0.748. The lowest BCUT2D eigenvalue weighted by Gasteiger charge is -2.06. The molecule has 0 fully saturated rings. The molecule has 0 amide bonds. The molecule has 0 aliphatic rings. The second kappa shape index (κ2) is 11.7. The number of hydrogen-bond acceptors (Lipinski definition) is 3. The number of anilines is 1. The molecule has 2 N–H and O–H groups in total. The van der Waals surface area contributed by atoms with Crippen molar-refractivity contribution in [1.82, 2.24) is 0 Å². The smallest absolute Gasteiger partial charge is 0.303 e. The third-order valence-corrected chi connectivity index (χ3v) is 5.69. The summed E-state index contributed by atoms with van der Waals surface area (Å²) in [6.45, 7) is 3.10. The number of thiophene rings is 1. The van der Waals surface area contributed by atoms with Gasteiger partial charge in [-0.2, -0.15) is 0 Å². The van der Waals surface area contributed by atoms with Gasteiger partial charge in [-0.3, -0.25) is 4.79 Å². The number of unbranched alkanes of at least 4 members (excludes halogenated alkanes) is 5. The van der Waals surface area contributed by atoms with E-state index in [4.69, 9.17) is 5.11 Å². The Kier molecular flexibility index (Phi) is 9.26. The standard InChI is InChI=1S/C22H31NO2S/c1-2-3-4-5-6-7-8-20-14-15-21(26-20)17-23-19-12-9-18(10-13-19)11-16-22(24)25/h9-10,12-15,23H,2-8,11,16-17H2,1H3,(H,24,25). The lowest BCUT2D eigenvalue weighted by molar-refractivity contribution is -0.136. The molecule has 142 valence electrons. The van der Waals surface area contributed by atoms with E-state index in [1.165, 1.54) is 54.7 Å².